The van der Waals surface area contributed by atoms with Crippen molar-refractivity contribution in [3.63, 3.8) is 0 Å². The first-order valence-corrected chi connectivity index (χ1v) is 19.4. The molecule has 2 aliphatic rings. The molecule has 8 nitrogen and oxygen atoms in total. The van der Waals surface area contributed by atoms with Gasteiger partial charge in [0.1, 0.15) is 5.75 Å². The molecule has 0 amide bonds. The van der Waals surface area contributed by atoms with E-state index in [1.807, 2.05) is 0 Å². The van der Waals surface area contributed by atoms with Gasteiger partial charge in [0.2, 0.25) is 0 Å². The van der Waals surface area contributed by atoms with Crippen LogP contribution in [-0.2, 0) is 54.3 Å². The summed E-state index contributed by atoms with van der Waals surface area (Å²) in [7, 11) is 0. The van der Waals surface area contributed by atoms with E-state index in [1.165, 1.54) is 23.3 Å². The summed E-state index contributed by atoms with van der Waals surface area (Å²) in [5, 5.41) is 0. The number of ether oxygens (including phenoxy) is 4. The van der Waals surface area contributed by atoms with Crippen LogP contribution in [0.15, 0.2) is 66.7 Å². The molecule has 0 aliphatic heterocycles. The number of benzene rings is 3. The molecule has 284 valence electrons. The van der Waals surface area contributed by atoms with Gasteiger partial charge in [0.15, 0.2) is 11.6 Å². The van der Waals surface area contributed by atoms with Gasteiger partial charge < -0.3 is 18.9 Å². The van der Waals surface area contributed by atoms with Crippen molar-refractivity contribution >= 4 is 23.9 Å². The quantitative estimate of drug-likeness (QED) is 0.107. The third-order valence-electron chi connectivity index (χ3n) is 10.5. The fourth-order valence-corrected chi connectivity index (χ4v) is 7.25. The molecule has 3 aromatic rings. The van der Waals surface area contributed by atoms with Gasteiger partial charge in [0, 0.05) is 18.9 Å². The molecule has 0 radical (unpaired) electrons. The maximum Gasteiger partial charge on any atom is 0.314 e. The van der Waals surface area contributed by atoms with Gasteiger partial charge in [0.05, 0.1) is 36.9 Å². The molecule has 0 bridgehead atoms. The van der Waals surface area contributed by atoms with E-state index in [0.717, 1.165) is 42.9 Å². The Balaban J connectivity index is 0.974. The van der Waals surface area contributed by atoms with Crippen molar-refractivity contribution in [2.75, 3.05) is 13.2 Å². The zero-order valence-electron chi connectivity index (χ0n) is 31.1. The first-order valence-electron chi connectivity index (χ1n) is 19.4. The highest BCUT2D eigenvalue weighted by Crippen LogP contribution is 2.34. The third-order valence-corrected chi connectivity index (χ3v) is 10.5. The number of aryl methyl sites for hydroxylation is 2. The van der Waals surface area contributed by atoms with Gasteiger partial charge in [-0.2, -0.15) is 0 Å². The molecule has 2 fully saturated rings. The fourth-order valence-electron chi connectivity index (χ4n) is 7.25. The summed E-state index contributed by atoms with van der Waals surface area (Å²) < 4.78 is 36.9. The molecule has 53 heavy (non-hydrogen) atoms. The van der Waals surface area contributed by atoms with E-state index in [1.54, 1.807) is 0 Å². The van der Waals surface area contributed by atoms with Crippen molar-refractivity contribution in [1.29, 1.82) is 0 Å². The minimum Gasteiger partial charge on any atom is -0.465 e. The van der Waals surface area contributed by atoms with E-state index in [0.29, 0.717) is 77.4 Å². The van der Waals surface area contributed by atoms with Crippen LogP contribution in [0.5, 0.6) is 11.5 Å². The number of hydrogen-bond acceptors (Lipinski definition) is 8. The van der Waals surface area contributed by atoms with E-state index < -0.39 is 29.6 Å². The SMILES string of the molecule is CCCc1ccc(CCOC(=O)C2CCC(C(=O)Oc3ccc(OC(=O)C4CCC(C(=O)OCCc5ccc(CCC)cc5)CC4)c(F)c3)CC2)cc1. The van der Waals surface area contributed by atoms with Crippen molar-refractivity contribution in [3.8, 4) is 11.5 Å². The zero-order chi connectivity index (χ0) is 37.6. The minimum absolute atomic E-state index is 0.0177. The maximum atomic E-state index is 15.0. The van der Waals surface area contributed by atoms with Crippen molar-refractivity contribution in [3.05, 3.63) is 94.8 Å². The first-order chi connectivity index (χ1) is 25.7. The molecule has 0 saturated heterocycles. The van der Waals surface area contributed by atoms with Crippen molar-refractivity contribution in [2.45, 2.75) is 104 Å². The number of rotatable bonds is 16. The molecule has 2 saturated carbocycles. The Morgan fingerprint density at radius 3 is 1.25 bits per heavy atom. The molecule has 0 N–H and O–H groups in total. The van der Waals surface area contributed by atoms with Gasteiger partial charge in [-0.25, -0.2) is 4.39 Å². The fraction of sp³-hybridized carbons (Fsp3) is 0.500. The highest BCUT2D eigenvalue weighted by molar-refractivity contribution is 5.78. The molecule has 0 heterocycles. The lowest BCUT2D eigenvalue weighted by Crippen LogP contribution is -2.30. The summed E-state index contributed by atoms with van der Waals surface area (Å²) in [5.41, 5.74) is 4.84. The van der Waals surface area contributed by atoms with E-state index in [-0.39, 0.29) is 35.3 Å². The molecule has 2 aliphatic carbocycles. The number of halogens is 1. The van der Waals surface area contributed by atoms with Crippen LogP contribution in [0, 0.1) is 29.5 Å². The van der Waals surface area contributed by atoms with Gasteiger partial charge >= 0.3 is 23.9 Å². The number of esters is 4. The summed E-state index contributed by atoms with van der Waals surface area (Å²) in [4.78, 5) is 51.0. The maximum absolute atomic E-state index is 15.0. The van der Waals surface area contributed by atoms with Crippen molar-refractivity contribution in [2.24, 2.45) is 23.7 Å². The molecule has 0 atom stereocenters. The Bertz CT molecular complexity index is 1650. The van der Waals surface area contributed by atoms with E-state index in [9.17, 15) is 23.6 Å². The minimum atomic E-state index is -0.815. The lowest BCUT2D eigenvalue weighted by Gasteiger charge is -2.26. The largest absolute Gasteiger partial charge is 0.465 e. The van der Waals surface area contributed by atoms with Gasteiger partial charge in [0.25, 0.3) is 0 Å². The first kappa shape index (κ1) is 39.7. The topological polar surface area (TPSA) is 105 Å². The molecular formula is C44H53FO8. The monoisotopic (exact) mass is 728 g/mol. The molecule has 0 aromatic heterocycles. The highest BCUT2D eigenvalue weighted by atomic mass is 19.1. The Kier molecular flexibility index (Phi) is 15.0. The summed E-state index contributed by atoms with van der Waals surface area (Å²) in [5.74, 6) is -3.95. The Labute approximate surface area is 312 Å². The van der Waals surface area contributed by atoms with E-state index in [2.05, 4.69) is 62.4 Å². The van der Waals surface area contributed by atoms with E-state index in [4.69, 9.17) is 18.9 Å². The lowest BCUT2D eigenvalue weighted by molar-refractivity contribution is -0.152. The predicted molar refractivity (Wildman–Crippen MR) is 199 cm³/mol. The Morgan fingerprint density at radius 1 is 0.509 bits per heavy atom. The van der Waals surface area contributed by atoms with Gasteiger partial charge in [-0.15, -0.1) is 0 Å². The smallest absolute Gasteiger partial charge is 0.314 e. The molecule has 5 rings (SSSR count). The summed E-state index contributed by atoms with van der Waals surface area (Å²) in [6, 6.07) is 20.5. The van der Waals surface area contributed by atoms with Crippen molar-refractivity contribution < 1.29 is 42.5 Å². The molecular weight excluding hydrogens is 675 g/mol. The average Bonchev–Trinajstić information content (AvgIpc) is 3.17. The summed E-state index contributed by atoms with van der Waals surface area (Å²) in [6.45, 7) is 4.93. The van der Waals surface area contributed by atoms with Crippen LogP contribution in [0.2, 0.25) is 0 Å². The molecule has 0 unspecified atom stereocenters. The zero-order valence-corrected chi connectivity index (χ0v) is 31.1. The third kappa shape index (κ3) is 12.0. The van der Waals surface area contributed by atoms with Crippen LogP contribution in [0.3, 0.4) is 0 Å². The second kappa shape index (κ2) is 20.1. The predicted octanol–water partition coefficient (Wildman–Crippen LogP) is 8.73. The van der Waals surface area contributed by atoms with Crippen LogP contribution in [0.4, 0.5) is 4.39 Å². The van der Waals surface area contributed by atoms with Crippen molar-refractivity contribution in [1.82, 2.24) is 0 Å². The summed E-state index contributed by atoms with van der Waals surface area (Å²) >= 11 is 0. The van der Waals surface area contributed by atoms with Crippen LogP contribution >= 0.6 is 0 Å². The second-order valence-electron chi connectivity index (χ2n) is 14.5. The van der Waals surface area contributed by atoms with Crippen LogP contribution < -0.4 is 9.47 Å². The standard InChI is InChI=1S/C44H53FO8/c1-3-5-30-7-11-32(12-8-30)25-27-50-41(46)34-15-19-36(20-16-34)43(48)52-38-23-24-40(39(45)29-38)53-44(49)37-21-17-35(18-22-37)42(47)51-28-26-33-13-9-31(6-4-2)10-14-33/h7-14,23-24,29,34-37H,3-6,15-22,25-28H2,1-2H3. The lowest BCUT2D eigenvalue weighted by atomic mass is 9.82. The van der Waals surface area contributed by atoms with Crippen LogP contribution in [-0.4, -0.2) is 37.1 Å². The van der Waals surface area contributed by atoms with Gasteiger partial charge in [-0.1, -0.05) is 75.2 Å². The molecule has 0 spiro atoms. The second-order valence-corrected chi connectivity index (χ2v) is 14.5. The Hall–Kier alpha value is -4.53. The molecule has 3 aromatic carbocycles. The number of hydrogen-bond donors (Lipinski definition) is 0. The highest BCUT2D eigenvalue weighted by Gasteiger charge is 2.33. The van der Waals surface area contributed by atoms with E-state index >= 15 is 0 Å². The number of carbonyl (C=O) groups excluding carboxylic acids is 4. The average molecular weight is 729 g/mol. The van der Waals surface area contributed by atoms with Crippen LogP contribution in [0.25, 0.3) is 0 Å². The van der Waals surface area contributed by atoms with Crippen LogP contribution in [0.1, 0.15) is 100 Å². The number of carbonyl (C=O) groups is 4. The Morgan fingerprint density at radius 2 is 0.868 bits per heavy atom. The normalized spacial score (nSPS) is 19.9. The summed E-state index contributed by atoms with van der Waals surface area (Å²) in [6.07, 6.45) is 9.48. The molecule has 9 heteroatoms. The van der Waals surface area contributed by atoms with Gasteiger partial charge in [-0.05, 0) is 98.6 Å². The van der Waals surface area contributed by atoms with Gasteiger partial charge in [-0.3, -0.25) is 19.2 Å².